The predicted octanol–water partition coefficient (Wildman–Crippen LogP) is 8.46. The van der Waals surface area contributed by atoms with E-state index in [9.17, 15) is 0 Å². The third kappa shape index (κ3) is 3.54. The summed E-state index contributed by atoms with van der Waals surface area (Å²) in [5, 5.41) is 5.62. The van der Waals surface area contributed by atoms with Crippen molar-refractivity contribution in [1.82, 2.24) is 0 Å². The molecule has 2 aliphatic carbocycles. The first-order chi connectivity index (χ1) is 19.1. The summed E-state index contributed by atoms with van der Waals surface area (Å²) in [7, 11) is 2.46. The molecule has 0 saturated heterocycles. The van der Waals surface area contributed by atoms with Gasteiger partial charge in [0.05, 0.1) is 0 Å². The Morgan fingerprint density at radius 1 is 0.625 bits per heavy atom. The zero-order valence-electron chi connectivity index (χ0n) is 23.7. The van der Waals surface area contributed by atoms with E-state index in [-0.39, 0.29) is 0 Å². The van der Waals surface area contributed by atoms with E-state index in [1.165, 1.54) is 38.9 Å². The molecule has 1 atom stereocenters. The average molecular weight is 571 g/mol. The Balaban J connectivity index is 1.66. The number of hydrogen-bond donors (Lipinski definition) is 0. The fourth-order valence-corrected chi connectivity index (χ4v) is 31.1. The summed E-state index contributed by atoms with van der Waals surface area (Å²) in [6, 6.07) is 48.2. The zero-order chi connectivity index (χ0) is 27.5. The summed E-state index contributed by atoms with van der Waals surface area (Å²) >= 11 is -5.08. The van der Waals surface area contributed by atoms with Gasteiger partial charge in [0.2, 0.25) is 0 Å². The summed E-state index contributed by atoms with van der Waals surface area (Å²) < 4.78 is 4.11. The van der Waals surface area contributed by atoms with Crippen LogP contribution in [0.4, 0.5) is 0 Å². The van der Waals surface area contributed by atoms with Gasteiger partial charge in [0, 0.05) is 0 Å². The van der Waals surface area contributed by atoms with E-state index in [1.54, 1.807) is 9.43 Å². The first-order valence-electron chi connectivity index (χ1n) is 14.7. The van der Waals surface area contributed by atoms with Crippen LogP contribution >= 0.6 is 0 Å². The van der Waals surface area contributed by atoms with Gasteiger partial charge in [-0.25, -0.2) is 0 Å². The maximum atomic E-state index is 2.81. The number of hydrogen-bond acceptors (Lipinski definition) is 0. The van der Waals surface area contributed by atoms with Gasteiger partial charge >= 0.3 is 238 Å². The molecule has 0 N–H and O–H groups in total. The first-order valence-corrected chi connectivity index (χ1v) is 25.8. The van der Waals surface area contributed by atoms with Crippen molar-refractivity contribution >= 4 is 17.6 Å². The molecular weight excluding hydrogens is 532 g/mol. The summed E-state index contributed by atoms with van der Waals surface area (Å²) in [6.45, 7) is 0. The molecule has 40 heavy (non-hydrogen) atoms. The van der Waals surface area contributed by atoms with Crippen LogP contribution in [0.2, 0.25) is 10.5 Å². The van der Waals surface area contributed by atoms with Gasteiger partial charge in [0.1, 0.15) is 0 Å². The molecule has 0 bridgehead atoms. The Morgan fingerprint density at radius 2 is 1.20 bits per heavy atom. The Morgan fingerprint density at radius 3 is 1.90 bits per heavy atom. The summed E-state index contributed by atoms with van der Waals surface area (Å²) in [5.74, 6) is 0. The van der Waals surface area contributed by atoms with Gasteiger partial charge < -0.3 is 0 Å². The Hall–Kier alpha value is -3.23. The van der Waals surface area contributed by atoms with Crippen molar-refractivity contribution in [3.05, 3.63) is 167 Å². The Kier molecular flexibility index (Phi) is 5.11. The van der Waals surface area contributed by atoms with Crippen LogP contribution in [0.25, 0.3) is 17.2 Å². The molecule has 1 unspecified atom stereocenters. The van der Waals surface area contributed by atoms with Gasteiger partial charge in [-0.2, -0.15) is 0 Å². The van der Waals surface area contributed by atoms with Crippen LogP contribution in [-0.2, 0) is 27.4 Å². The van der Waals surface area contributed by atoms with Crippen LogP contribution in [0.1, 0.15) is 37.6 Å². The molecule has 5 aromatic carbocycles. The third-order valence-corrected chi connectivity index (χ3v) is 32.7. The predicted molar refractivity (Wildman–Crippen MR) is 173 cm³/mol. The van der Waals surface area contributed by atoms with E-state index < -0.39 is 11.5 Å². The molecule has 0 amide bonds. The second-order valence-electron chi connectivity index (χ2n) is 15.2. The van der Waals surface area contributed by atoms with Crippen molar-refractivity contribution in [2.24, 2.45) is 0 Å². The first kappa shape index (κ1) is 25.7. The molecule has 0 nitrogen and oxygen atoms in total. The fraction of sp³-hybridized carbons (Fsp3) is 0.158. The van der Waals surface area contributed by atoms with E-state index in [2.05, 4.69) is 158 Å². The van der Waals surface area contributed by atoms with Crippen molar-refractivity contribution in [2.75, 3.05) is 0 Å². The Labute approximate surface area is 236 Å². The van der Waals surface area contributed by atoms with Crippen LogP contribution in [0.15, 0.2) is 133 Å². The van der Waals surface area contributed by atoms with Crippen molar-refractivity contribution < 1.29 is 11.5 Å². The minimum atomic E-state index is -5.08. The van der Waals surface area contributed by atoms with E-state index in [0.717, 1.165) is 15.9 Å². The van der Waals surface area contributed by atoms with Crippen molar-refractivity contribution in [2.45, 2.75) is 30.6 Å². The van der Waals surface area contributed by atoms with Crippen molar-refractivity contribution in [1.29, 1.82) is 0 Å². The maximum absolute atomic E-state index is 5.08. The van der Waals surface area contributed by atoms with E-state index in [1.807, 2.05) is 0 Å². The van der Waals surface area contributed by atoms with Crippen LogP contribution in [0, 0.1) is 0 Å². The molecule has 0 heterocycles. The fourth-order valence-electron chi connectivity index (χ4n) is 9.34. The SMILES string of the molecule is [CH3][Ti]([CH3])(=[SiH2])([CH2]c1ccccc1)([CH2]c1ccccc1)([c]1cccc2c1Cc1ccccc1-2)[CH]1C=Cc2ccccc21. The minimum absolute atomic E-state index is 0.322. The number of rotatable bonds is 6. The molecule has 0 aromatic heterocycles. The van der Waals surface area contributed by atoms with Crippen molar-refractivity contribution in [3.63, 3.8) is 0 Å². The number of benzene rings is 5. The molecule has 2 heteroatoms. The summed E-state index contributed by atoms with van der Waals surface area (Å²) in [5.41, 5.74) is 11.6. The van der Waals surface area contributed by atoms with Gasteiger partial charge in [-0.05, 0) is 0 Å². The molecule has 0 fully saturated rings. The monoisotopic (exact) mass is 570 g/mol. The standard InChI is InChI=1S/C13H9.C9H7.2C7H7.2CH3.H2Si.Ti/c1-3-7-12-10(5-1)9-11-6-2-4-8-13(11)12;1-2-5-9-7-3-6-8(9)4-1;2*1-7-5-3-2-4-6-7;;;;/h1-5,7-8H,9H2;1-7H;2*2-6H,1H2;2*1H3;1H2;. The van der Waals surface area contributed by atoms with Gasteiger partial charge in [-0.1, -0.05) is 0 Å². The number of fused-ring (bicyclic) bond motifs is 4. The van der Waals surface area contributed by atoms with Gasteiger partial charge in [0.25, 0.3) is 0 Å². The van der Waals surface area contributed by atoms with Crippen LogP contribution in [-0.4, -0.2) is 7.63 Å². The molecule has 7 rings (SSSR count). The molecular formula is C38H38SiTi. The zero-order valence-corrected chi connectivity index (χ0v) is 26.7. The van der Waals surface area contributed by atoms with Crippen LogP contribution in [0.5, 0.6) is 0 Å². The number of allylic oxidation sites excluding steroid dienone is 1. The van der Waals surface area contributed by atoms with E-state index in [0.29, 0.717) is 4.22 Å². The van der Waals surface area contributed by atoms with Crippen LogP contribution < -0.4 is 3.87 Å². The quantitative estimate of drug-likeness (QED) is 0.176. The van der Waals surface area contributed by atoms with Gasteiger partial charge in [0.15, 0.2) is 0 Å². The normalized spacial score (nSPS) is 18.1. The van der Waals surface area contributed by atoms with Gasteiger partial charge in [-0.15, -0.1) is 0 Å². The molecule has 0 radical (unpaired) electrons. The second-order valence-corrected chi connectivity index (χ2v) is 49.1. The third-order valence-electron chi connectivity index (χ3n) is 11.0. The van der Waals surface area contributed by atoms with E-state index >= 15 is 0 Å². The van der Waals surface area contributed by atoms with Gasteiger partial charge in [-0.3, -0.25) is 0 Å². The molecule has 0 aliphatic heterocycles. The van der Waals surface area contributed by atoms with Crippen LogP contribution in [0.3, 0.4) is 0 Å². The molecule has 0 spiro atoms. The van der Waals surface area contributed by atoms with E-state index in [4.69, 9.17) is 0 Å². The molecule has 2 aliphatic rings. The topological polar surface area (TPSA) is 0 Å². The summed E-state index contributed by atoms with van der Waals surface area (Å²) in [6.07, 6.45) is 6.02. The molecule has 198 valence electrons. The summed E-state index contributed by atoms with van der Waals surface area (Å²) in [4.78, 5) is 0. The molecule has 0 saturated carbocycles. The average Bonchev–Trinajstić information content (AvgIpc) is 3.57. The second kappa shape index (κ2) is 7.95. The molecule has 5 aromatic rings. The van der Waals surface area contributed by atoms with Crippen molar-refractivity contribution in [3.8, 4) is 11.1 Å². The Bertz CT molecular complexity index is 1900.